The predicted octanol–water partition coefficient (Wildman–Crippen LogP) is 6.37. The second-order valence-electron chi connectivity index (χ2n) is 8.35. The van der Waals surface area contributed by atoms with Crippen LogP contribution in [0.5, 0.6) is 0 Å². The van der Waals surface area contributed by atoms with Gasteiger partial charge in [0.15, 0.2) is 0 Å². The van der Waals surface area contributed by atoms with E-state index in [1.165, 1.54) is 50.2 Å². The number of hydrogen-bond donors (Lipinski definition) is 3. The summed E-state index contributed by atoms with van der Waals surface area (Å²) in [6.45, 7) is 17.3. The van der Waals surface area contributed by atoms with Crippen molar-refractivity contribution < 1.29 is 0 Å². The highest BCUT2D eigenvalue weighted by Crippen LogP contribution is 2.34. The van der Waals surface area contributed by atoms with E-state index < -0.39 is 0 Å². The Kier molecular flexibility index (Phi) is 4.53. The Labute approximate surface area is 172 Å². The van der Waals surface area contributed by atoms with E-state index in [1.54, 1.807) is 0 Å². The Morgan fingerprint density at radius 3 is 1.79 bits per heavy atom. The Bertz CT molecular complexity index is 1220. The van der Waals surface area contributed by atoms with Crippen LogP contribution in [0.15, 0.2) is 34.2 Å². The van der Waals surface area contributed by atoms with Gasteiger partial charge >= 0.3 is 0 Å². The summed E-state index contributed by atoms with van der Waals surface area (Å²) in [6.07, 6.45) is 6.32. The van der Waals surface area contributed by atoms with Gasteiger partial charge in [-0.2, -0.15) is 0 Å². The molecule has 29 heavy (non-hydrogen) atoms. The summed E-state index contributed by atoms with van der Waals surface area (Å²) in [7, 11) is 0. The topological polar surface area (TPSA) is 59.7 Å². The number of nitrogens with one attached hydrogen (secondary N) is 3. The molecule has 0 bridgehead atoms. The van der Waals surface area contributed by atoms with Crippen LogP contribution in [0, 0.1) is 41.5 Å². The van der Waals surface area contributed by atoms with Crippen molar-refractivity contribution in [3.8, 4) is 11.4 Å². The van der Waals surface area contributed by atoms with Crippen LogP contribution in [0.25, 0.3) is 17.5 Å². The van der Waals surface area contributed by atoms with E-state index in [-0.39, 0.29) is 0 Å². The van der Waals surface area contributed by atoms with E-state index in [4.69, 9.17) is 4.99 Å². The lowest BCUT2D eigenvalue weighted by molar-refractivity contribution is 1.27. The standard InChI is InChI=1S/C25H30N4/c1-12-10-26-22(14(12)3)24-18(7)16(5)20(28-24)9-21-17(6)19(8)25(29-21)23-15(4)13(2)11-27-23/h9-11,26-28H,1-8H3/b21-9-. The average Bonchev–Trinajstić information content (AvgIpc) is 3.37. The second-order valence-corrected chi connectivity index (χ2v) is 8.35. The van der Waals surface area contributed by atoms with Crippen LogP contribution >= 0.6 is 0 Å². The van der Waals surface area contributed by atoms with Crippen LogP contribution in [0.4, 0.5) is 0 Å². The molecule has 0 unspecified atom stereocenters. The summed E-state index contributed by atoms with van der Waals surface area (Å²) >= 11 is 0. The predicted molar refractivity (Wildman–Crippen MR) is 123 cm³/mol. The van der Waals surface area contributed by atoms with E-state index in [1.807, 2.05) is 0 Å². The van der Waals surface area contributed by atoms with Crippen molar-refractivity contribution in [3.05, 3.63) is 74.0 Å². The van der Waals surface area contributed by atoms with Crippen LogP contribution in [0.1, 0.15) is 58.6 Å². The molecule has 4 rings (SSSR count). The third-order valence-electron chi connectivity index (χ3n) is 6.70. The quantitative estimate of drug-likeness (QED) is 0.468. The van der Waals surface area contributed by atoms with Gasteiger partial charge in [-0.25, -0.2) is 4.99 Å². The van der Waals surface area contributed by atoms with E-state index in [0.717, 1.165) is 28.5 Å². The molecule has 1 aliphatic rings. The molecule has 0 amide bonds. The molecular formula is C25H30N4. The summed E-state index contributed by atoms with van der Waals surface area (Å²) in [5, 5.41) is 0. The fourth-order valence-corrected chi connectivity index (χ4v) is 3.98. The van der Waals surface area contributed by atoms with Gasteiger partial charge in [0.1, 0.15) is 0 Å². The van der Waals surface area contributed by atoms with Crippen LogP contribution < -0.4 is 0 Å². The molecular weight excluding hydrogens is 356 g/mol. The first kappa shape index (κ1) is 19.3. The summed E-state index contributed by atoms with van der Waals surface area (Å²) in [6, 6.07) is 0. The van der Waals surface area contributed by atoms with E-state index in [2.05, 4.69) is 88.8 Å². The van der Waals surface area contributed by atoms with Gasteiger partial charge in [0.2, 0.25) is 0 Å². The van der Waals surface area contributed by atoms with Gasteiger partial charge in [0.05, 0.1) is 28.5 Å². The zero-order valence-electron chi connectivity index (χ0n) is 18.7. The number of aliphatic imine (C=N–C) groups is 1. The smallest absolute Gasteiger partial charge is 0.0907 e. The van der Waals surface area contributed by atoms with E-state index >= 15 is 0 Å². The molecule has 4 heteroatoms. The van der Waals surface area contributed by atoms with Gasteiger partial charge in [-0.3, -0.25) is 0 Å². The van der Waals surface area contributed by atoms with Crippen molar-refractivity contribution in [3.63, 3.8) is 0 Å². The molecule has 0 spiro atoms. The first-order valence-electron chi connectivity index (χ1n) is 10.2. The van der Waals surface area contributed by atoms with Gasteiger partial charge in [-0.1, -0.05) is 0 Å². The zero-order chi connectivity index (χ0) is 21.0. The molecule has 3 aromatic rings. The summed E-state index contributed by atoms with van der Waals surface area (Å²) < 4.78 is 0. The first-order chi connectivity index (χ1) is 13.7. The summed E-state index contributed by atoms with van der Waals surface area (Å²) in [5.74, 6) is 0. The van der Waals surface area contributed by atoms with Gasteiger partial charge in [0, 0.05) is 18.1 Å². The largest absolute Gasteiger partial charge is 0.359 e. The number of H-pyrrole nitrogens is 3. The lowest BCUT2D eigenvalue weighted by Crippen LogP contribution is -2.02. The fraction of sp³-hybridized carbons (Fsp3) is 0.320. The maximum absolute atomic E-state index is 5.01. The number of hydrogen-bond acceptors (Lipinski definition) is 1. The highest BCUT2D eigenvalue weighted by Gasteiger charge is 2.23. The number of rotatable bonds is 3. The molecule has 1 aliphatic heterocycles. The molecule has 0 saturated carbocycles. The Morgan fingerprint density at radius 1 is 0.655 bits per heavy atom. The van der Waals surface area contributed by atoms with Crippen LogP contribution in [-0.4, -0.2) is 20.7 Å². The average molecular weight is 387 g/mol. The highest BCUT2D eigenvalue weighted by molar-refractivity contribution is 6.15. The molecule has 0 aliphatic carbocycles. The molecule has 3 N–H and O–H groups in total. The van der Waals surface area contributed by atoms with Crippen molar-refractivity contribution in [1.82, 2.24) is 15.0 Å². The van der Waals surface area contributed by atoms with E-state index in [0.29, 0.717) is 0 Å². The number of nitrogens with zero attached hydrogens (tertiary/aromatic N) is 1. The maximum atomic E-state index is 5.01. The van der Waals surface area contributed by atoms with Crippen molar-refractivity contribution >= 4 is 11.8 Å². The molecule has 0 saturated heterocycles. The lowest BCUT2D eigenvalue weighted by atomic mass is 10.0. The van der Waals surface area contributed by atoms with Gasteiger partial charge in [-0.05, 0) is 106 Å². The Hall–Kier alpha value is -3.01. The first-order valence-corrected chi connectivity index (χ1v) is 10.2. The summed E-state index contributed by atoms with van der Waals surface area (Å²) in [4.78, 5) is 15.5. The SMILES string of the molecule is CC1=C(C)/C(=C/c2[nH]c(-c3[nH]cc(C)c3C)c(C)c2C)N=C1c1[nH]cc(C)c1C. The molecule has 0 aromatic carbocycles. The molecule has 4 nitrogen and oxygen atoms in total. The van der Waals surface area contributed by atoms with Crippen molar-refractivity contribution in [1.29, 1.82) is 0 Å². The molecule has 0 atom stereocenters. The zero-order valence-corrected chi connectivity index (χ0v) is 18.7. The highest BCUT2D eigenvalue weighted by atomic mass is 14.9. The number of aromatic nitrogens is 3. The van der Waals surface area contributed by atoms with Crippen molar-refractivity contribution in [2.45, 2.75) is 55.4 Å². The lowest BCUT2D eigenvalue weighted by Gasteiger charge is -2.02. The third kappa shape index (κ3) is 2.94. The van der Waals surface area contributed by atoms with Crippen LogP contribution in [-0.2, 0) is 0 Å². The fourth-order valence-electron chi connectivity index (χ4n) is 3.98. The van der Waals surface area contributed by atoms with Gasteiger partial charge in [-0.15, -0.1) is 0 Å². The summed E-state index contributed by atoms with van der Waals surface area (Å²) in [5.41, 5.74) is 16.8. The van der Waals surface area contributed by atoms with Crippen LogP contribution in [0.3, 0.4) is 0 Å². The second kappa shape index (κ2) is 6.80. The third-order valence-corrected chi connectivity index (χ3v) is 6.70. The normalized spacial score (nSPS) is 15.7. The Morgan fingerprint density at radius 2 is 1.24 bits per heavy atom. The molecule has 150 valence electrons. The number of aryl methyl sites for hydroxylation is 2. The minimum absolute atomic E-state index is 1.03. The minimum Gasteiger partial charge on any atom is -0.359 e. The number of aromatic amines is 3. The minimum atomic E-state index is 1.03. The van der Waals surface area contributed by atoms with Gasteiger partial charge < -0.3 is 15.0 Å². The Balaban J connectivity index is 1.80. The van der Waals surface area contributed by atoms with Crippen molar-refractivity contribution in [2.75, 3.05) is 0 Å². The molecule has 0 fully saturated rings. The van der Waals surface area contributed by atoms with Crippen LogP contribution in [0.2, 0.25) is 0 Å². The molecule has 0 radical (unpaired) electrons. The van der Waals surface area contributed by atoms with E-state index in [9.17, 15) is 0 Å². The van der Waals surface area contributed by atoms with Gasteiger partial charge in [0.25, 0.3) is 0 Å². The number of allylic oxidation sites excluding steroid dienone is 2. The molecule has 3 aromatic heterocycles. The maximum Gasteiger partial charge on any atom is 0.0907 e. The van der Waals surface area contributed by atoms with Crippen molar-refractivity contribution in [2.24, 2.45) is 4.99 Å². The molecule has 4 heterocycles. The monoisotopic (exact) mass is 386 g/mol.